The minimum absolute atomic E-state index is 0.0597. The lowest BCUT2D eigenvalue weighted by molar-refractivity contribution is -0.119. The van der Waals surface area contributed by atoms with E-state index in [9.17, 15) is 4.79 Å². The molecule has 41 heavy (non-hydrogen) atoms. The highest BCUT2D eigenvalue weighted by molar-refractivity contribution is 7.80. The molecule has 1 amide bonds. The summed E-state index contributed by atoms with van der Waals surface area (Å²) in [6.45, 7) is 3.06. The monoisotopic (exact) mass is 605 g/mol. The van der Waals surface area contributed by atoms with Crippen LogP contribution in [0.3, 0.4) is 0 Å². The van der Waals surface area contributed by atoms with Crippen LogP contribution in [0.2, 0.25) is 0 Å². The van der Waals surface area contributed by atoms with Crippen LogP contribution in [-0.2, 0) is 16.0 Å². The van der Waals surface area contributed by atoms with Crippen LogP contribution in [0.15, 0.2) is 73.1 Å². The van der Waals surface area contributed by atoms with Crippen LogP contribution >= 0.6 is 34.9 Å². The predicted octanol–water partition coefficient (Wildman–Crippen LogP) is 6.24. The maximum absolute atomic E-state index is 15.1. The molecule has 1 aliphatic heterocycles. The number of nitrogens with one attached hydrogen (secondary N) is 2. The zero-order valence-corrected chi connectivity index (χ0v) is 24.1. The summed E-state index contributed by atoms with van der Waals surface area (Å²) < 4.78 is 27.3. The Morgan fingerprint density at radius 1 is 1.02 bits per heavy atom. The smallest absolute Gasteiger partial charge is 0.230 e. The van der Waals surface area contributed by atoms with Crippen LogP contribution in [0.5, 0.6) is 11.5 Å². The van der Waals surface area contributed by atoms with Crippen molar-refractivity contribution in [1.29, 1.82) is 0 Å². The number of morpholine rings is 1. The summed E-state index contributed by atoms with van der Waals surface area (Å²) in [6.07, 6.45) is 3.71. The van der Waals surface area contributed by atoms with Gasteiger partial charge < -0.3 is 25.0 Å². The Hall–Kier alpha value is -3.97. The quantitative estimate of drug-likeness (QED) is 0.211. The van der Waals surface area contributed by atoms with Crippen molar-refractivity contribution in [3.8, 4) is 21.3 Å². The maximum atomic E-state index is 15.1. The van der Waals surface area contributed by atoms with Gasteiger partial charge in [-0.2, -0.15) is 0 Å². The van der Waals surface area contributed by atoms with Gasteiger partial charge in [0.05, 0.1) is 34.7 Å². The van der Waals surface area contributed by atoms with Gasteiger partial charge in [0.25, 0.3) is 0 Å². The number of halogens is 1. The molecule has 8 nitrogen and oxygen atoms in total. The lowest BCUT2D eigenvalue weighted by atomic mass is 10.1. The number of thiophene rings is 1. The average molecular weight is 606 g/mol. The molecule has 2 N–H and O–H groups in total. The number of amides is 1. The fraction of sp³-hybridized carbons (Fsp3) is 0.172. The summed E-state index contributed by atoms with van der Waals surface area (Å²) >= 11 is 8.38. The first kappa shape index (κ1) is 27.2. The summed E-state index contributed by atoms with van der Waals surface area (Å²) in [7, 11) is 0. The number of pyridine rings is 1. The molecule has 4 heterocycles. The largest absolute Gasteiger partial charge is 0.453 e. The number of rotatable bonds is 7. The third-order valence-electron chi connectivity index (χ3n) is 6.26. The van der Waals surface area contributed by atoms with E-state index in [4.69, 9.17) is 21.7 Å². The van der Waals surface area contributed by atoms with Crippen molar-refractivity contribution in [3.05, 3.63) is 84.4 Å². The molecule has 1 aliphatic rings. The van der Waals surface area contributed by atoms with Crippen molar-refractivity contribution >= 4 is 66.9 Å². The standard InChI is InChI=1S/C29H24FN5O3S3/c30-20-15-19(33-28(39)34-26(36)14-18-4-2-1-3-5-18)6-7-22(20)38-23-8-9-31-21-16-24(40-27(21)23)25-17-32-29(41-25)35-10-12-37-13-11-35/h1-9,15-17H,10-14H2,(H2,33,34,36,39). The maximum Gasteiger partial charge on any atom is 0.230 e. The lowest BCUT2D eigenvalue weighted by Gasteiger charge is -2.25. The number of ether oxygens (including phenoxy) is 2. The number of hydrogen-bond donors (Lipinski definition) is 2. The van der Waals surface area contributed by atoms with Crippen LogP contribution in [-0.4, -0.2) is 47.3 Å². The number of hydrogen-bond acceptors (Lipinski definition) is 9. The number of thiocarbonyl (C=S) groups is 1. The average Bonchev–Trinajstić information content (AvgIpc) is 3.64. The van der Waals surface area contributed by atoms with Gasteiger partial charge in [0.15, 0.2) is 21.8 Å². The molecule has 0 atom stereocenters. The predicted molar refractivity (Wildman–Crippen MR) is 165 cm³/mol. The number of nitrogens with zero attached hydrogens (tertiary/aromatic N) is 3. The van der Waals surface area contributed by atoms with E-state index in [1.165, 1.54) is 23.5 Å². The highest BCUT2D eigenvalue weighted by Crippen LogP contribution is 2.42. The number of carbonyl (C=O) groups excluding carboxylic acids is 1. The summed E-state index contributed by atoms with van der Waals surface area (Å²) in [6, 6.07) is 17.5. The zero-order chi connectivity index (χ0) is 28.2. The van der Waals surface area contributed by atoms with Gasteiger partial charge in [-0.05, 0) is 36.0 Å². The third kappa shape index (κ3) is 6.51. The first-order valence-electron chi connectivity index (χ1n) is 12.8. The molecule has 12 heteroatoms. The van der Waals surface area contributed by atoms with Gasteiger partial charge in [-0.1, -0.05) is 41.7 Å². The van der Waals surface area contributed by atoms with E-state index in [1.807, 2.05) is 42.6 Å². The van der Waals surface area contributed by atoms with Crippen molar-refractivity contribution in [2.75, 3.05) is 36.5 Å². The highest BCUT2D eigenvalue weighted by atomic mass is 32.1. The SMILES string of the molecule is O=C(Cc1ccccc1)NC(=S)Nc1ccc(Oc2ccnc3cc(-c4cnc(N5CCOCC5)s4)sc23)c(F)c1. The molecule has 0 bridgehead atoms. The molecule has 208 valence electrons. The number of aromatic nitrogens is 2. The van der Waals surface area contributed by atoms with Gasteiger partial charge >= 0.3 is 0 Å². The van der Waals surface area contributed by atoms with Gasteiger partial charge in [-0.3, -0.25) is 9.78 Å². The molecule has 6 rings (SSSR count). The van der Waals surface area contributed by atoms with Crippen LogP contribution < -0.4 is 20.3 Å². The van der Waals surface area contributed by atoms with Crippen molar-refractivity contribution in [1.82, 2.24) is 15.3 Å². The Morgan fingerprint density at radius 2 is 1.85 bits per heavy atom. The van der Waals surface area contributed by atoms with Crippen LogP contribution in [0.25, 0.3) is 20.0 Å². The minimum Gasteiger partial charge on any atom is -0.453 e. The summed E-state index contributed by atoms with van der Waals surface area (Å²) in [4.78, 5) is 25.6. The first-order valence-corrected chi connectivity index (χ1v) is 14.9. The van der Waals surface area contributed by atoms with E-state index in [1.54, 1.807) is 29.7 Å². The van der Waals surface area contributed by atoms with Crippen LogP contribution in [0.1, 0.15) is 5.56 Å². The molecule has 2 aromatic carbocycles. The second kappa shape index (κ2) is 12.3. The van der Waals surface area contributed by atoms with E-state index in [-0.39, 0.29) is 23.2 Å². The molecule has 0 aliphatic carbocycles. The molecular formula is C29H24FN5O3S3. The second-order valence-electron chi connectivity index (χ2n) is 9.15. The lowest BCUT2D eigenvalue weighted by Crippen LogP contribution is -2.36. The number of carbonyl (C=O) groups is 1. The number of anilines is 2. The van der Waals surface area contributed by atoms with E-state index in [2.05, 4.69) is 25.5 Å². The Labute approximate surface area is 248 Å². The third-order valence-corrected chi connectivity index (χ3v) is 8.86. The van der Waals surface area contributed by atoms with Gasteiger partial charge in [0.1, 0.15) is 5.75 Å². The Balaban J connectivity index is 1.12. The molecule has 0 radical (unpaired) electrons. The minimum atomic E-state index is -0.576. The Bertz CT molecular complexity index is 1700. The zero-order valence-electron chi connectivity index (χ0n) is 21.6. The van der Waals surface area contributed by atoms with Crippen LogP contribution in [0, 0.1) is 5.82 Å². The topological polar surface area (TPSA) is 88.6 Å². The van der Waals surface area contributed by atoms with Gasteiger partial charge in [-0.15, -0.1) is 11.3 Å². The fourth-order valence-corrected chi connectivity index (χ4v) is 6.62. The highest BCUT2D eigenvalue weighted by Gasteiger charge is 2.18. The van der Waals surface area contributed by atoms with E-state index >= 15 is 4.39 Å². The molecule has 0 spiro atoms. The summed E-state index contributed by atoms with van der Waals surface area (Å²) in [5.74, 6) is -0.272. The number of thiazole rings is 1. The molecular weight excluding hydrogens is 582 g/mol. The van der Waals surface area contributed by atoms with Gasteiger partial charge in [-0.25, -0.2) is 9.37 Å². The van der Waals surface area contributed by atoms with E-state index < -0.39 is 5.82 Å². The normalized spacial score (nSPS) is 13.2. The molecule has 1 fully saturated rings. The molecule has 1 saturated heterocycles. The van der Waals surface area contributed by atoms with Gasteiger partial charge in [0.2, 0.25) is 5.91 Å². The Kier molecular flexibility index (Phi) is 8.14. The second-order valence-corrected chi connectivity index (χ2v) is 11.6. The molecule has 0 unspecified atom stereocenters. The summed E-state index contributed by atoms with van der Waals surface area (Å²) in [5, 5.41) is 6.52. The first-order chi connectivity index (χ1) is 20.0. The van der Waals surface area contributed by atoms with Crippen molar-refractivity contribution < 1.29 is 18.7 Å². The molecule has 5 aromatic rings. The fourth-order valence-electron chi connectivity index (χ4n) is 4.29. The Morgan fingerprint density at radius 3 is 2.66 bits per heavy atom. The van der Waals surface area contributed by atoms with E-state index in [0.29, 0.717) is 24.7 Å². The number of fused-ring (bicyclic) bond motifs is 1. The van der Waals surface area contributed by atoms with Crippen molar-refractivity contribution in [2.24, 2.45) is 0 Å². The van der Waals surface area contributed by atoms with Crippen molar-refractivity contribution in [2.45, 2.75) is 6.42 Å². The van der Waals surface area contributed by atoms with E-state index in [0.717, 1.165) is 43.8 Å². The van der Waals surface area contributed by atoms with Gasteiger partial charge in [0, 0.05) is 48.2 Å². The summed E-state index contributed by atoms with van der Waals surface area (Å²) in [5.41, 5.74) is 2.02. The molecule has 3 aromatic heterocycles. The number of benzene rings is 2. The van der Waals surface area contributed by atoms with Crippen LogP contribution in [0.4, 0.5) is 15.2 Å². The van der Waals surface area contributed by atoms with Crippen molar-refractivity contribution in [3.63, 3.8) is 0 Å². The molecule has 0 saturated carbocycles.